The smallest absolute Gasteiger partial charge is 0.119 e. The van der Waals surface area contributed by atoms with Crippen molar-refractivity contribution in [3.8, 4) is 5.75 Å². The van der Waals surface area contributed by atoms with Gasteiger partial charge in [-0.15, -0.1) is 0 Å². The van der Waals surface area contributed by atoms with Crippen molar-refractivity contribution in [1.82, 2.24) is 0 Å². The number of amidine groups is 1. The van der Waals surface area contributed by atoms with Gasteiger partial charge in [0.1, 0.15) is 11.6 Å². The van der Waals surface area contributed by atoms with E-state index in [2.05, 4.69) is 29.2 Å². The first-order valence-electron chi connectivity index (χ1n) is 8.41. The Bertz CT molecular complexity index is 748. The molecule has 2 aromatic carbocycles. The molecule has 0 saturated carbocycles. The van der Waals surface area contributed by atoms with Crippen LogP contribution in [0.15, 0.2) is 48.5 Å². The van der Waals surface area contributed by atoms with Crippen LogP contribution in [0.1, 0.15) is 24.0 Å². The third-order valence-corrected chi connectivity index (χ3v) is 5.32. The molecule has 124 valence electrons. The fourth-order valence-electron chi connectivity index (χ4n) is 3.97. The molecule has 1 fully saturated rings. The molecule has 0 amide bonds. The minimum atomic E-state index is -0.229. The van der Waals surface area contributed by atoms with E-state index in [1.54, 1.807) is 7.11 Å². The number of anilines is 1. The molecule has 1 saturated heterocycles. The molecule has 2 aliphatic rings. The maximum absolute atomic E-state index is 8.99. The highest BCUT2D eigenvalue weighted by Gasteiger charge is 2.45. The molecule has 0 aromatic heterocycles. The van der Waals surface area contributed by atoms with Crippen LogP contribution in [0, 0.1) is 5.41 Å². The van der Waals surface area contributed by atoms with E-state index in [1.165, 1.54) is 11.1 Å². The largest absolute Gasteiger partial charge is 0.497 e. The molecule has 2 heterocycles. The van der Waals surface area contributed by atoms with Crippen LogP contribution in [0.5, 0.6) is 5.75 Å². The van der Waals surface area contributed by atoms with Crippen molar-refractivity contribution >= 4 is 11.5 Å². The standard InChI is InChI=1S/C20H22N2O2/c1-23-17-8-6-16(7-9-17)22-14-15-4-2-3-5-18(15)20(19(22)21)10-12-24-13-11-20/h2-9,21H,10-14H2,1H3. The van der Waals surface area contributed by atoms with Crippen molar-refractivity contribution in [1.29, 1.82) is 5.41 Å². The summed E-state index contributed by atoms with van der Waals surface area (Å²) in [5.41, 5.74) is 3.43. The molecular formula is C20H22N2O2. The van der Waals surface area contributed by atoms with Gasteiger partial charge < -0.3 is 14.4 Å². The SMILES string of the molecule is COc1ccc(N2Cc3ccccc3C3(CCOCC3)C2=N)cc1. The topological polar surface area (TPSA) is 45.6 Å². The van der Waals surface area contributed by atoms with Gasteiger partial charge >= 0.3 is 0 Å². The van der Waals surface area contributed by atoms with Crippen LogP contribution in [0.3, 0.4) is 0 Å². The van der Waals surface area contributed by atoms with Crippen LogP contribution in [0.2, 0.25) is 0 Å². The van der Waals surface area contributed by atoms with Gasteiger partial charge in [0.2, 0.25) is 0 Å². The molecule has 4 nitrogen and oxygen atoms in total. The lowest BCUT2D eigenvalue weighted by Gasteiger charge is -2.47. The summed E-state index contributed by atoms with van der Waals surface area (Å²) in [6.07, 6.45) is 1.74. The van der Waals surface area contributed by atoms with Gasteiger partial charge in [-0.3, -0.25) is 5.41 Å². The molecule has 0 bridgehead atoms. The molecule has 1 spiro atoms. The second-order valence-corrected chi connectivity index (χ2v) is 6.48. The molecule has 0 radical (unpaired) electrons. The van der Waals surface area contributed by atoms with E-state index in [1.807, 2.05) is 24.3 Å². The van der Waals surface area contributed by atoms with E-state index < -0.39 is 0 Å². The highest BCUT2D eigenvalue weighted by atomic mass is 16.5. The van der Waals surface area contributed by atoms with E-state index in [4.69, 9.17) is 14.9 Å². The Morgan fingerprint density at radius 2 is 1.75 bits per heavy atom. The van der Waals surface area contributed by atoms with Gasteiger partial charge in [-0.25, -0.2) is 0 Å². The molecule has 4 heteroatoms. The summed E-state index contributed by atoms with van der Waals surface area (Å²) < 4.78 is 10.9. The molecule has 1 N–H and O–H groups in total. The Kier molecular flexibility index (Phi) is 3.77. The van der Waals surface area contributed by atoms with Crippen LogP contribution in [-0.2, 0) is 16.7 Å². The van der Waals surface area contributed by atoms with Crippen molar-refractivity contribution < 1.29 is 9.47 Å². The van der Waals surface area contributed by atoms with Crippen molar-refractivity contribution in [3.05, 3.63) is 59.7 Å². The second-order valence-electron chi connectivity index (χ2n) is 6.48. The number of hydrogen-bond acceptors (Lipinski definition) is 3. The molecule has 2 aliphatic heterocycles. The number of nitrogens with zero attached hydrogens (tertiary/aromatic N) is 1. The summed E-state index contributed by atoms with van der Waals surface area (Å²) >= 11 is 0. The molecule has 4 rings (SSSR count). The van der Waals surface area contributed by atoms with Crippen LogP contribution in [0.4, 0.5) is 5.69 Å². The summed E-state index contributed by atoms with van der Waals surface area (Å²) in [4.78, 5) is 2.13. The van der Waals surface area contributed by atoms with E-state index >= 15 is 0 Å². The molecule has 0 aliphatic carbocycles. The zero-order chi connectivity index (χ0) is 16.6. The summed E-state index contributed by atoms with van der Waals surface area (Å²) in [5.74, 6) is 1.53. The van der Waals surface area contributed by atoms with Gasteiger partial charge in [0, 0.05) is 25.4 Å². The van der Waals surface area contributed by atoms with Crippen LogP contribution >= 0.6 is 0 Å². The van der Waals surface area contributed by atoms with Gasteiger partial charge in [-0.05, 0) is 48.2 Å². The lowest BCUT2D eigenvalue weighted by atomic mass is 9.69. The van der Waals surface area contributed by atoms with Gasteiger partial charge in [-0.2, -0.15) is 0 Å². The normalized spacial score (nSPS) is 19.2. The van der Waals surface area contributed by atoms with Crippen molar-refractivity contribution in [2.75, 3.05) is 25.2 Å². The van der Waals surface area contributed by atoms with E-state index in [9.17, 15) is 0 Å². The highest BCUT2D eigenvalue weighted by molar-refractivity contribution is 6.05. The number of ether oxygens (including phenoxy) is 2. The lowest BCUT2D eigenvalue weighted by molar-refractivity contribution is 0.0692. The maximum atomic E-state index is 8.99. The first kappa shape index (κ1) is 15.2. The summed E-state index contributed by atoms with van der Waals surface area (Å²) in [6, 6.07) is 16.6. The predicted octanol–water partition coefficient (Wildman–Crippen LogP) is 3.74. The average molecular weight is 322 g/mol. The highest BCUT2D eigenvalue weighted by Crippen LogP contribution is 2.43. The summed E-state index contributed by atoms with van der Waals surface area (Å²) in [7, 11) is 1.67. The Morgan fingerprint density at radius 1 is 1.04 bits per heavy atom. The number of nitrogens with one attached hydrogen (secondary N) is 1. The quantitative estimate of drug-likeness (QED) is 0.916. The lowest BCUT2D eigenvalue weighted by Crippen LogP contribution is -2.53. The minimum Gasteiger partial charge on any atom is -0.497 e. The molecular weight excluding hydrogens is 300 g/mol. The van der Waals surface area contributed by atoms with E-state index in [0.717, 1.165) is 30.8 Å². The Balaban J connectivity index is 1.79. The Labute approximate surface area is 142 Å². The van der Waals surface area contributed by atoms with Crippen LogP contribution < -0.4 is 9.64 Å². The van der Waals surface area contributed by atoms with E-state index in [0.29, 0.717) is 19.0 Å². The first-order chi connectivity index (χ1) is 11.7. The fourth-order valence-corrected chi connectivity index (χ4v) is 3.97. The summed E-state index contributed by atoms with van der Waals surface area (Å²) in [6.45, 7) is 2.17. The van der Waals surface area contributed by atoms with E-state index in [-0.39, 0.29) is 5.41 Å². The van der Waals surface area contributed by atoms with Crippen LogP contribution in [0.25, 0.3) is 0 Å². The Morgan fingerprint density at radius 3 is 2.46 bits per heavy atom. The molecule has 24 heavy (non-hydrogen) atoms. The van der Waals surface area contributed by atoms with Gasteiger partial charge in [0.25, 0.3) is 0 Å². The monoisotopic (exact) mass is 322 g/mol. The van der Waals surface area contributed by atoms with Crippen molar-refractivity contribution in [2.45, 2.75) is 24.8 Å². The number of benzene rings is 2. The minimum absolute atomic E-state index is 0.229. The van der Waals surface area contributed by atoms with Gasteiger partial charge in [0.05, 0.1) is 12.5 Å². The molecule has 0 atom stereocenters. The first-order valence-corrected chi connectivity index (χ1v) is 8.41. The summed E-state index contributed by atoms with van der Waals surface area (Å²) in [5, 5.41) is 8.99. The van der Waals surface area contributed by atoms with Gasteiger partial charge in [-0.1, -0.05) is 24.3 Å². The third kappa shape index (κ3) is 2.29. The maximum Gasteiger partial charge on any atom is 0.119 e. The number of methoxy groups -OCH3 is 1. The van der Waals surface area contributed by atoms with Crippen molar-refractivity contribution in [3.63, 3.8) is 0 Å². The zero-order valence-electron chi connectivity index (χ0n) is 13.9. The van der Waals surface area contributed by atoms with Crippen molar-refractivity contribution in [2.24, 2.45) is 0 Å². The molecule has 2 aromatic rings. The number of rotatable bonds is 2. The molecule has 0 unspecified atom stereocenters. The Hall–Kier alpha value is -2.33. The van der Waals surface area contributed by atoms with Gasteiger partial charge in [0.15, 0.2) is 0 Å². The van der Waals surface area contributed by atoms with Crippen LogP contribution in [-0.4, -0.2) is 26.2 Å². The zero-order valence-corrected chi connectivity index (χ0v) is 13.9. The predicted molar refractivity (Wildman–Crippen MR) is 95.1 cm³/mol. The third-order valence-electron chi connectivity index (χ3n) is 5.32. The number of hydrogen-bond donors (Lipinski definition) is 1. The average Bonchev–Trinajstić information content (AvgIpc) is 2.66. The second kappa shape index (κ2) is 5.95. The number of fused-ring (bicyclic) bond motifs is 2. The fraction of sp³-hybridized carbons (Fsp3) is 0.350.